The molecule has 0 amide bonds. The largest absolute Gasteiger partial charge is 0.484 e. The average Bonchev–Trinajstić information content (AvgIpc) is 2.38. The molecule has 0 saturated carbocycles. The van der Waals surface area contributed by atoms with Crippen molar-refractivity contribution in [2.45, 2.75) is 5.97 Å². The molecule has 2 aromatic rings. The lowest BCUT2D eigenvalue weighted by atomic mass is 10.3. The molecular weight excluding hydrogens is 232 g/mol. The monoisotopic (exact) mass is 246 g/mol. The highest BCUT2D eigenvalue weighted by Crippen LogP contribution is 2.16. The first-order valence-electron chi connectivity index (χ1n) is 5.52. The number of para-hydroxylation sites is 2. The second-order valence-corrected chi connectivity index (χ2v) is 3.76. The van der Waals surface area contributed by atoms with Gasteiger partial charge in [-0.3, -0.25) is 0 Å². The summed E-state index contributed by atoms with van der Waals surface area (Å²) in [6.07, 6.45) is 0. The lowest BCUT2D eigenvalue weighted by Crippen LogP contribution is -2.41. The van der Waals surface area contributed by atoms with Gasteiger partial charge in [0.1, 0.15) is 11.5 Å². The van der Waals surface area contributed by atoms with Crippen molar-refractivity contribution in [3.05, 3.63) is 60.7 Å². The van der Waals surface area contributed by atoms with Gasteiger partial charge in [-0.05, 0) is 24.3 Å². The molecule has 18 heavy (non-hydrogen) atoms. The molecule has 2 aromatic carbocycles. The third kappa shape index (κ3) is 3.76. The van der Waals surface area contributed by atoms with E-state index in [4.69, 9.17) is 9.47 Å². The Bertz CT molecular complexity index is 468. The lowest BCUT2D eigenvalue weighted by molar-refractivity contribution is -0.304. The number of ether oxygens (including phenoxy) is 2. The molecule has 0 atom stereocenters. The van der Waals surface area contributed by atoms with Gasteiger partial charge in [-0.1, -0.05) is 36.4 Å². The maximum atomic E-state index is 9.64. The van der Waals surface area contributed by atoms with Crippen LogP contribution >= 0.6 is 0 Å². The lowest BCUT2D eigenvalue weighted by Gasteiger charge is -2.22. The van der Waals surface area contributed by atoms with Crippen molar-refractivity contribution in [3.8, 4) is 11.5 Å². The van der Waals surface area contributed by atoms with Crippen molar-refractivity contribution >= 4 is 0 Å². The van der Waals surface area contributed by atoms with Crippen molar-refractivity contribution in [2.75, 3.05) is 6.61 Å². The molecule has 0 bridgehead atoms. The van der Waals surface area contributed by atoms with Crippen LogP contribution in [0.3, 0.4) is 0 Å². The fourth-order valence-electron chi connectivity index (χ4n) is 1.40. The van der Waals surface area contributed by atoms with E-state index in [0.717, 1.165) is 0 Å². The summed E-state index contributed by atoms with van der Waals surface area (Å²) in [5.41, 5.74) is 0. The van der Waals surface area contributed by atoms with E-state index in [1.54, 1.807) is 48.5 Å². The van der Waals surface area contributed by atoms with Crippen LogP contribution in [0.5, 0.6) is 11.5 Å². The first kappa shape index (κ1) is 12.4. The van der Waals surface area contributed by atoms with Gasteiger partial charge in [0, 0.05) is 0 Å². The van der Waals surface area contributed by atoms with Gasteiger partial charge < -0.3 is 19.7 Å². The van der Waals surface area contributed by atoms with Crippen molar-refractivity contribution in [3.63, 3.8) is 0 Å². The molecule has 0 saturated heterocycles. The van der Waals surface area contributed by atoms with Gasteiger partial charge >= 0.3 is 5.97 Å². The van der Waals surface area contributed by atoms with Crippen LogP contribution in [0.25, 0.3) is 0 Å². The Morgan fingerprint density at radius 1 is 0.778 bits per heavy atom. The minimum absolute atomic E-state index is 0.360. The summed E-state index contributed by atoms with van der Waals surface area (Å²) in [6.45, 7) is -0.383. The Kier molecular flexibility index (Phi) is 3.82. The van der Waals surface area contributed by atoms with E-state index in [-0.39, 0.29) is 6.61 Å². The predicted octanol–water partition coefficient (Wildman–Crippen LogP) is 1.78. The van der Waals surface area contributed by atoms with Crippen LogP contribution in [0.2, 0.25) is 0 Å². The Hall–Kier alpha value is -2.04. The van der Waals surface area contributed by atoms with E-state index < -0.39 is 5.97 Å². The number of hydrogen-bond donors (Lipinski definition) is 2. The molecule has 4 heteroatoms. The minimum Gasteiger partial charge on any atom is -0.484 e. The first-order chi connectivity index (χ1) is 8.66. The molecule has 4 nitrogen and oxygen atoms in total. The van der Waals surface area contributed by atoms with Crippen LogP contribution < -0.4 is 9.47 Å². The van der Waals surface area contributed by atoms with Crippen LogP contribution in [0.1, 0.15) is 0 Å². The predicted molar refractivity (Wildman–Crippen MR) is 66.2 cm³/mol. The molecule has 0 fully saturated rings. The van der Waals surface area contributed by atoms with Crippen LogP contribution in [-0.2, 0) is 0 Å². The number of hydrogen-bond acceptors (Lipinski definition) is 4. The van der Waals surface area contributed by atoms with E-state index in [1.807, 2.05) is 12.1 Å². The van der Waals surface area contributed by atoms with Crippen LogP contribution in [0.4, 0.5) is 0 Å². The van der Waals surface area contributed by atoms with Gasteiger partial charge in [0.2, 0.25) is 0 Å². The summed E-state index contributed by atoms with van der Waals surface area (Å²) in [5, 5.41) is 19.3. The van der Waals surface area contributed by atoms with E-state index in [0.29, 0.717) is 11.5 Å². The van der Waals surface area contributed by atoms with Gasteiger partial charge in [-0.2, -0.15) is 0 Å². The van der Waals surface area contributed by atoms with Crippen molar-refractivity contribution in [2.24, 2.45) is 0 Å². The molecule has 0 aliphatic carbocycles. The van der Waals surface area contributed by atoms with Crippen LogP contribution in [0.15, 0.2) is 60.7 Å². The molecule has 2 N–H and O–H groups in total. The normalized spacial score (nSPS) is 11.0. The molecular formula is C14H14O4. The summed E-state index contributed by atoms with van der Waals surface area (Å²) in [7, 11) is 0. The quantitative estimate of drug-likeness (QED) is 0.789. The zero-order chi connectivity index (χ0) is 12.8. The van der Waals surface area contributed by atoms with E-state index in [1.165, 1.54) is 0 Å². The summed E-state index contributed by atoms with van der Waals surface area (Å²) in [5.74, 6) is -1.46. The summed E-state index contributed by atoms with van der Waals surface area (Å²) in [6, 6.07) is 17.4. The Balaban J connectivity index is 1.91. The Labute approximate surface area is 105 Å². The molecule has 0 aliphatic rings. The second kappa shape index (κ2) is 5.53. The van der Waals surface area contributed by atoms with Gasteiger partial charge in [-0.25, -0.2) is 0 Å². The SMILES string of the molecule is OC(O)(COc1ccccc1)Oc1ccccc1. The highest BCUT2D eigenvalue weighted by atomic mass is 16.8. The van der Waals surface area contributed by atoms with Gasteiger partial charge in [0.15, 0.2) is 6.61 Å². The summed E-state index contributed by atoms with van der Waals surface area (Å²) < 4.78 is 10.2. The zero-order valence-electron chi connectivity index (χ0n) is 9.69. The number of aliphatic hydroxyl groups is 2. The second-order valence-electron chi connectivity index (χ2n) is 3.76. The third-order valence-electron chi connectivity index (χ3n) is 2.19. The minimum atomic E-state index is -2.36. The fraction of sp³-hybridized carbons (Fsp3) is 0.143. The standard InChI is InChI=1S/C14H14O4/c15-14(16,18-13-9-5-2-6-10-13)11-17-12-7-3-1-4-8-12/h1-10,15-16H,11H2. The number of benzene rings is 2. The van der Waals surface area contributed by atoms with Crippen molar-refractivity contribution in [1.29, 1.82) is 0 Å². The average molecular weight is 246 g/mol. The molecule has 0 radical (unpaired) electrons. The summed E-state index contributed by atoms with van der Waals surface area (Å²) in [4.78, 5) is 0. The van der Waals surface area contributed by atoms with Gasteiger partial charge in [0.25, 0.3) is 0 Å². The molecule has 0 unspecified atom stereocenters. The zero-order valence-corrected chi connectivity index (χ0v) is 9.69. The Morgan fingerprint density at radius 3 is 1.83 bits per heavy atom. The maximum absolute atomic E-state index is 9.64. The van der Waals surface area contributed by atoms with Gasteiger partial charge in [-0.15, -0.1) is 0 Å². The first-order valence-corrected chi connectivity index (χ1v) is 5.52. The molecule has 94 valence electrons. The van der Waals surface area contributed by atoms with Gasteiger partial charge in [0.05, 0.1) is 0 Å². The topological polar surface area (TPSA) is 58.9 Å². The van der Waals surface area contributed by atoms with E-state index in [2.05, 4.69) is 0 Å². The Morgan fingerprint density at radius 2 is 1.28 bits per heavy atom. The molecule has 0 aliphatic heterocycles. The highest BCUT2D eigenvalue weighted by Gasteiger charge is 2.27. The van der Waals surface area contributed by atoms with Crippen LogP contribution in [0, 0.1) is 0 Å². The maximum Gasteiger partial charge on any atom is 0.358 e. The van der Waals surface area contributed by atoms with E-state index in [9.17, 15) is 10.2 Å². The molecule has 0 aromatic heterocycles. The molecule has 0 spiro atoms. The highest BCUT2D eigenvalue weighted by molar-refractivity contribution is 5.22. The molecule has 2 rings (SSSR count). The molecule has 0 heterocycles. The fourth-order valence-corrected chi connectivity index (χ4v) is 1.40. The third-order valence-corrected chi connectivity index (χ3v) is 2.19. The van der Waals surface area contributed by atoms with Crippen molar-refractivity contribution < 1.29 is 19.7 Å². The van der Waals surface area contributed by atoms with Crippen LogP contribution in [-0.4, -0.2) is 22.8 Å². The number of rotatable bonds is 5. The smallest absolute Gasteiger partial charge is 0.358 e. The van der Waals surface area contributed by atoms with Crippen molar-refractivity contribution in [1.82, 2.24) is 0 Å². The summed E-state index contributed by atoms with van der Waals surface area (Å²) >= 11 is 0. The van der Waals surface area contributed by atoms with E-state index >= 15 is 0 Å².